The van der Waals surface area contributed by atoms with Gasteiger partial charge in [0.15, 0.2) is 0 Å². The molecule has 0 fully saturated rings. The SMILES string of the molecule is C=Cc1ccc(C(=O)OC(C(N)=O)c2cccc(Br)c2)cc1. The van der Waals surface area contributed by atoms with Crippen LogP contribution in [0.25, 0.3) is 6.08 Å². The second-order valence-corrected chi connectivity index (χ2v) is 5.48. The molecule has 0 aliphatic carbocycles. The Morgan fingerprint density at radius 1 is 1.18 bits per heavy atom. The quantitative estimate of drug-likeness (QED) is 0.830. The van der Waals surface area contributed by atoms with Crippen LogP contribution in [0.2, 0.25) is 0 Å². The van der Waals surface area contributed by atoms with Crippen molar-refractivity contribution in [3.8, 4) is 0 Å². The van der Waals surface area contributed by atoms with E-state index in [0.717, 1.165) is 10.0 Å². The lowest BCUT2D eigenvalue weighted by molar-refractivity contribution is -0.127. The Labute approximate surface area is 136 Å². The van der Waals surface area contributed by atoms with E-state index in [-0.39, 0.29) is 0 Å². The third-order valence-electron chi connectivity index (χ3n) is 3.02. The van der Waals surface area contributed by atoms with Gasteiger partial charge in [0.25, 0.3) is 5.91 Å². The first-order valence-electron chi connectivity index (χ1n) is 6.49. The molecule has 0 aliphatic heterocycles. The summed E-state index contributed by atoms with van der Waals surface area (Å²) in [5.74, 6) is -1.34. The van der Waals surface area contributed by atoms with E-state index in [1.165, 1.54) is 0 Å². The van der Waals surface area contributed by atoms with Gasteiger partial charge in [-0.1, -0.05) is 52.9 Å². The lowest BCUT2D eigenvalue weighted by atomic mass is 10.1. The van der Waals surface area contributed by atoms with Gasteiger partial charge < -0.3 is 10.5 Å². The average Bonchev–Trinajstić information content (AvgIpc) is 2.52. The van der Waals surface area contributed by atoms with Crippen molar-refractivity contribution in [2.75, 3.05) is 0 Å². The highest BCUT2D eigenvalue weighted by molar-refractivity contribution is 9.10. The topological polar surface area (TPSA) is 69.4 Å². The summed E-state index contributed by atoms with van der Waals surface area (Å²) in [5, 5.41) is 0. The molecule has 2 aromatic carbocycles. The van der Waals surface area contributed by atoms with Gasteiger partial charge >= 0.3 is 5.97 Å². The highest BCUT2D eigenvalue weighted by atomic mass is 79.9. The van der Waals surface area contributed by atoms with Crippen LogP contribution >= 0.6 is 15.9 Å². The number of benzene rings is 2. The molecule has 22 heavy (non-hydrogen) atoms. The zero-order chi connectivity index (χ0) is 16.1. The number of ether oxygens (including phenoxy) is 1. The van der Waals surface area contributed by atoms with Crippen LogP contribution in [-0.4, -0.2) is 11.9 Å². The molecular formula is C17H14BrNO3. The smallest absolute Gasteiger partial charge is 0.339 e. The third kappa shape index (κ3) is 3.83. The van der Waals surface area contributed by atoms with E-state index >= 15 is 0 Å². The summed E-state index contributed by atoms with van der Waals surface area (Å²) in [6.07, 6.45) is 0.534. The molecule has 1 unspecified atom stereocenters. The van der Waals surface area contributed by atoms with Crippen molar-refractivity contribution in [1.29, 1.82) is 0 Å². The van der Waals surface area contributed by atoms with Crippen LogP contribution in [-0.2, 0) is 9.53 Å². The summed E-state index contributed by atoms with van der Waals surface area (Å²) in [4.78, 5) is 23.7. The molecule has 0 aliphatic rings. The number of rotatable bonds is 5. The van der Waals surface area contributed by atoms with Gasteiger partial charge in [-0.05, 0) is 29.8 Å². The lowest BCUT2D eigenvalue weighted by Gasteiger charge is -2.15. The molecule has 2 N–H and O–H groups in total. The van der Waals surface area contributed by atoms with Crippen molar-refractivity contribution in [3.05, 3.63) is 76.3 Å². The maximum Gasteiger partial charge on any atom is 0.339 e. The minimum absolute atomic E-state index is 0.340. The van der Waals surface area contributed by atoms with Crippen molar-refractivity contribution in [2.24, 2.45) is 5.73 Å². The minimum atomic E-state index is -1.14. The van der Waals surface area contributed by atoms with Crippen LogP contribution in [0.5, 0.6) is 0 Å². The maximum atomic E-state index is 12.1. The number of carbonyl (C=O) groups is 2. The first-order valence-corrected chi connectivity index (χ1v) is 7.29. The highest BCUT2D eigenvalue weighted by Crippen LogP contribution is 2.22. The molecule has 4 nitrogen and oxygen atoms in total. The maximum absolute atomic E-state index is 12.1. The number of hydrogen-bond acceptors (Lipinski definition) is 3. The molecular weight excluding hydrogens is 346 g/mol. The summed E-state index contributed by atoms with van der Waals surface area (Å²) in [7, 11) is 0. The summed E-state index contributed by atoms with van der Waals surface area (Å²) in [6, 6.07) is 13.6. The predicted molar refractivity (Wildman–Crippen MR) is 88.0 cm³/mol. The fourth-order valence-corrected chi connectivity index (χ4v) is 2.31. The number of halogens is 1. The van der Waals surface area contributed by atoms with E-state index in [9.17, 15) is 9.59 Å². The average molecular weight is 360 g/mol. The highest BCUT2D eigenvalue weighted by Gasteiger charge is 2.23. The minimum Gasteiger partial charge on any atom is -0.444 e. The second-order valence-electron chi connectivity index (χ2n) is 4.57. The number of primary amides is 1. The van der Waals surface area contributed by atoms with Crippen LogP contribution in [0.1, 0.15) is 27.6 Å². The van der Waals surface area contributed by atoms with Gasteiger partial charge in [-0.3, -0.25) is 4.79 Å². The first-order chi connectivity index (χ1) is 10.5. The first kappa shape index (κ1) is 16.0. The number of amides is 1. The van der Waals surface area contributed by atoms with Crippen molar-refractivity contribution >= 4 is 33.9 Å². The summed E-state index contributed by atoms with van der Waals surface area (Å²) >= 11 is 3.30. The van der Waals surface area contributed by atoms with Crippen LogP contribution in [0.4, 0.5) is 0 Å². The van der Waals surface area contributed by atoms with Crippen molar-refractivity contribution < 1.29 is 14.3 Å². The zero-order valence-corrected chi connectivity index (χ0v) is 13.2. The van der Waals surface area contributed by atoms with Crippen molar-refractivity contribution in [1.82, 2.24) is 0 Å². The van der Waals surface area contributed by atoms with Crippen LogP contribution < -0.4 is 5.73 Å². The van der Waals surface area contributed by atoms with E-state index in [1.54, 1.807) is 54.6 Å². The molecule has 0 spiro atoms. The molecule has 1 atom stereocenters. The fourth-order valence-electron chi connectivity index (χ4n) is 1.89. The normalized spacial score (nSPS) is 11.5. The van der Waals surface area contributed by atoms with Gasteiger partial charge in [-0.25, -0.2) is 4.79 Å². The Morgan fingerprint density at radius 2 is 1.86 bits per heavy atom. The van der Waals surface area contributed by atoms with E-state index in [0.29, 0.717) is 11.1 Å². The van der Waals surface area contributed by atoms with Crippen molar-refractivity contribution in [3.63, 3.8) is 0 Å². The summed E-state index contributed by atoms with van der Waals surface area (Å²) < 4.78 is 6.02. The Bertz CT molecular complexity index is 710. The molecule has 0 bridgehead atoms. The van der Waals surface area contributed by atoms with Gasteiger partial charge in [0.1, 0.15) is 0 Å². The van der Waals surface area contributed by atoms with Gasteiger partial charge in [0.05, 0.1) is 5.56 Å². The Morgan fingerprint density at radius 3 is 2.41 bits per heavy atom. The monoisotopic (exact) mass is 359 g/mol. The van der Waals surface area contributed by atoms with Crippen molar-refractivity contribution in [2.45, 2.75) is 6.10 Å². The molecule has 0 radical (unpaired) electrons. The molecule has 1 amide bonds. The Hall–Kier alpha value is -2.40. The standard InChI is InChI=1S/C17H14BrNO3/c1-2-11-6-8-12(9-7-11)17(21)22-15(16(19)20)13-4-3-5-14(18)10-13/h2-10,15H,1H2,(H2,19,20). The Kier molecular flexibility index (Phi) is 5.12. The van der Waals surface area contributed by atoms with E-state index < -0.39 is 18.0 Å². The summed E-state index contributed by atoms with van der Waals surface area (Å²) in [6.45, 7) is 3.64. The summed E-state index contributed by atoms with van der Waals surface area (Å²) in [5.41, 5.74) is 7.08. The molecule has 2 aromatic rings. The van der Waals surface area contributed by atoms with E-state index in [4.69, 9.17) is 10.5 Å². The number of nitrogens with two attached hydrogens (primary N) is 1. The van der Waals surface area contributed by atoms with E-state index in [2.05, 4.69) is 22.5 Å². The number of hydrogen-bond donors (Lipinski definition) is 1. The molecule has 0 heterocycles. The second kappa shape index (κ2) is 7.04. The van der Waals surface area contributed by atoms with Crippen LogP contribution in [0.15, 0.2) is 59.6 Å². The third-order valence-corrected chi connectivity index (χ3v) is 3.51. The number of esters is 1. The van der Waals surface area contributed by atoms with E-state index in [1.807, 2.05) is 0 Å². The molecule has 0 aromatic heterocycles. The van der Waals surface area contributed by atoms with Crippen LogP contribution in [0, 0.1) is 0 Å². The molecule has 2 rings (SSSR count). The predicted octanol–water partition coefficient (Wildman–Crippen LogP) is 3.48. The van der Waals surface area contributed by atoms with Crippen LogP contribution in [0.3, 0.4) is 0 Å². The largest absolute Gasteiger partial charge is 0.444 e. The number of carbonyl (C=O) groups excluding carboxylic acids is 2. The zero-order valence-electron chi connectivity index (χ0n) is 11.7. The lowest BCUT2D eigenvalue weighted by Crippen LogP contribution is -2.26. The molecule has 112 valence electrons. The van der Waals surface area contributed by atoms with Gasteiger partial charge in [-0.15, -0.1) is 0 Å². The van der Waals surface area contributed by atoms with Gasteiger partial charge in [0.2, 0.25) is 6.10 Å². The fraction of sp³-hybridized carbons (Fsp3) is 0.0588. The van der Waals surface area contributed by atoms with Gasteiger partial charge in [0, 0.05) is 10.0 Å². The molecule has 0 saturated heterocycles. The van der Waals surface area contributed by atoms with Gasteiger partial charge in [-0.2, -0.15) is 0 Å². The Balaban J connectivity index is 2.22. The molecule has 0 saturated carbocycles. The molecule has 5 heteroatoms.